The van der Waals surface area contributed by atoms with Gasteiger partial charge in [0.1, 0.15) is 0 Å². The van der Waals surface area contributed by atoms with Gasteiger partial charge in [0.05, 0.1) is 0 Å². The minimum atomic E-state index is -0.0560. The number of H-pyrrole nitrogens is 1. The normalized spacial score (nSPS) is 10.5. The van der Waals surface area contributed by atoms with Gasteiger partial charge in [0.15, 0.2) is 5.82 Å². The highest BCUT2D eigenvalue weighted by Gasteiger charge is 2.07. The average molecular weight is 292 g/mol. The Morgan fingerprint density at radius 2 is 2.15 bits per heavy atom. The monoisotopic (exact) mass is 291 g/mol. The van der Waals surface area contributed by atoms with Gasteiger partial charge in [-0.2, -0.15) is 5.10 Å². The fourth-order valence-electron chi connectivity index (χ4n) is 1.98. The minimum Gasteiger partial charge on any atom is -0.309 e. The third-order valence-corrected chi connectivity index (χ3v) is 3.37. The van der Waals surface area contributed by atoms with E-state index in [0.717, 1.165) is 24.1 Å². The highest BCUT2D eigenvalue weighted by Crippen LogP contribution is 2.17. The van der Waals surface area contributed by atoms with Crippen LogP contribution < -0.4 is 5.32 Å². The summed E-state index contributed by atoms with van der Waals surface area (Å²) in [7, 11) is 0. The third-order valence-electron chi connectivity index (χ3n) is 3.00. The number of hydrogen-bond acceptors (Lipinski definition) is 2. The van der Waals surface area contributed by atoms with Crippen molar-refractivity contribution in [1.29, 1.82) is 0 Å². The molecular weight excluding hydrogens is 274 g/mol. The molecule has 4 nitrogen and oxygen atoms in total. The number of anilines is 1. The highest BCUT2D eigenvalue weighted by molar-refractivity contribution is 6.31. The molecule has 0 unspecified atom stereocenters. The van der Waals surface area contributed by atoms with Crippen LogP contribution in [-0.2, 0) is 17.6 Å². The molecule has 2 rings (SSSR count). The maximum Gasteiger partial charge on any atom is 0.225 e. The summed E-state index contributed by atoms with van der Waals surface area (Å²) in [5.74, 6) is 0.525. The van der Waals surface area contributed by atoms with E-state index < -0.39 is 0 Å². The fourth-order valence-corrected chi connectivity index (χ4v) is 2.21. The first-order chi connectivity index (χ1) is 9.69. The summed E-state index contributed by atoms with van der Waals surface area (Å²) < 4.78 is 0. The van der Waals surface area contributed by atoms with Gasteiger partial charge in [-0.1, -0.05) is 43.1 Å². The zero-order valence-corrected chi connectivity index (χ0v) is 12.2. The Labute approximate surface area is 123 Å². The summed E-state index contributed by atoms with van der Waals surface area (Å²) >= 11 is 6.06. The molecule has 0 fully saturated rings. The molecule has 0 aliphatic carbocycles. The predicted octanol–water partition coefficient (Wildman–Crippen LogP) is 3.59. The lowest BCUT2D eigenvalue weighted by molar-refractivity contribution is -0.116. The number of benzene rings is 1. The molecule has 1 heterocycles. The van der Waals surface area contributed by atoms with Gasteiger partial charge < -0.3 is 5.32 Å². The third kappa shape index (κ3) is 4.10. The molecule has 2 N–H and O–H groups in total. The van der Waals surface area contributed by atoms with E-state index in [1.165, 1.54) is 0 Å². The van der Waals surface area contributed by atoms with Gasteiger partial charge >= 0.3 is 0 Å². The Morgan fingerprint density at radius 3 is 2.90 bits per heavy atom. The standard InChI is InChI=1S/C15H18ClN3O/c1-2-5-12-10-14(19-18-12)17-15(20)9-8-11-6-3-4-7-13(11)16/h3-4,6-7,10H,2,5,8-9H2,1H3,(H2,17,18,19,20). The second kappa shape index (κ2) is 7.10. The predicted molar refractivity (Wildman–Crippen MR) is 81.0 cm³/mol. The lowest BCUT2D eigenvalue weighted by Crippen LogP contribution is -2.12. The number of halogens is 1. The van der Waals surface area contributed by atoms with E-state index in [2.05, 4.69) is 22.4 Å². The van der Waals surface area contributed by atoms with Crippen LogP contribution in [0.2, 0.25) is 5.02 Å². The van der Waals surface area contributed by atoms with Crippen LogP contribution in [0.15, 0.2) is 30.3 Å². The number of aromatic nitrogens is 2. The summed E-state index contributed by atoms with van der Waals surface area (Å²) in [6, 6.07) is 9.44. The number of nitrogens with zero attached hydrogens (tertiary/aromatic N) is 1. The largest absolute Gasteiger partial charge is 0.309 e. The molecular formula is C15H18ClN3O. The van der Waals surface area contributed by atoms with E-state index in [-0.39, 0.29) is 5.91 Å². The number of nitrogens with one attached hydrogen (secondary N) is 2. The van der Waals surface area contributed by atoms with Gasteiger partial charge in [0.2, 0.25) is 5.91 Å². The molecule has 20 heavy (non-hydrogen) atoms. The second-order valence-corrected chi connectivity index (χ2v) is 5.08. The van der Waals surface area contributed by atoms with Crippen molar-refractivity contribution in [2.45, 2.75) is 32.6 Å². The zero-order valence-electron chi connectivity index (χ0n) is 11.4. The molecule has 1 amide bonds. The number of amides is 1. The molecule has 0 atom stereocenters. The SMILES string of the molecule is CCCc1cc(NC(=O)CCc2ccccc2Cl)n[nH]1. The van der Waals surface area contributed by atoms with Gasteiger partial charge in [-0.25, -0.2) is 0 Å². The van der Waals surface area contributed by atoms with E-state index >= 15 is 0 Å². The first kappa shape index (κ1) is 14.6. The summed E-state index contributed by atoms with van der Waals surface area (Å²) in [5.41, 5.74) is 2.02. The molecule has 2 aromatic rings. The number of hydrogen-bond donors (Lipinski definition) is 2. The Bertz CT molecular complexity index is 580. The summed E-state index contributed by atoms with van der Waals surface area (Å²) in [6.45, 7) is 2.10. The first-order valence-electron chi connectivity index (χ1n) is 6.76. The molecule has 0 bridgehead atoms. The first-order valence-corrected chi connectivity index (χ1v) is 7.14. The van der Waals surface area contributed by atoms with E-state index in [1.54, 1.807) is 0 Å². The number of carbonyl (C=O) groups is 1. The molecule has 0 radical (unpaired) electrons. The van der Waals surface area contributed by atoms with Gasteiger partial charge in [0, 0.05) is 23.2 Å². The van der Waals surface area contributed by atoms with Crippen molar-refractivity contribution in [2.24, 2.45) is 0 Å². The van der Waals surface area contributed by atoms with Gasteiger partial charge in [-0.15, -0.1) is 0 Å². The van der Waals surface area contributed by atoms with Crippen LogP contribution in [0.1, 0.15) is 31.0 Å². The lowest BCUT2D eigenvalue weighted by atomic mass is 10.1. The Balaban J connectivity index is 1.84. The molecule has 5 heteroatoms. The Kier molecular flexibility index (Phi) is 5.18. The minimum absolute atomic E-state index is 0.0560. The van der Waals surface area contributed by atoms with Crippen molar-refractivity contribution < 1.29 is 4.79 Å². The van der Waals surface area contributed by atoms with Crippen LogP contribution >= 0.6 is 11.6 Å². The van der Waals surface area contributed by atoms with Crippen molar-refractivity contribution in [1.82, 2.24) is 10.2 Å². The van der Waals surface area contributed by atoms with Crippen molar-refractivity contribution in [3.05, 3.63) is 46.6 Å². The van der Waals surface area contributed by atoms with Gasteiger partial charge in [0.25, 0.3) is 0 Å². The molecule has 106 valence electrons. The van der Waals surface area contributed by atoms with Crippen molar-refractivity contribution in [3.8, 4) is 0 Å². The van der Waals surface area contributed by atoms with Crippen LogP contribution in [0.25, 0.3) is 0 Å². The number of aryl methyl sites for hydroxylation is 2. The number of rotatable bonds is 6. The molecule has 0 saturated carbocycles. The van der Waals surface area contributed by atoms with Gasteiger partial charge in [-0.3, -0.25) is 9.89 Å². The average Bonchev–Trinajstić information content (AvgIpc) is 2.85. The summed E-state index contributed by atoms with van der Waals surface area (Å²) in [6.07, 6.45) is 2.99. The summed E-state index contributed by atoms with van der Waals surface area (Å²) in [5, 5.41) is 10.5. The lowest BCUT2D eigenvalue weighted by Gasteiger charge is -2.04. The Hall–Kier alpha value is -1.81. The van der Waals surface area contributed by atoms with E-state index in [4.69, 9.17) is 11.6 Å². The van der Waals surface area contributed by atoms with Crippen molar-refractivity contribution in [2.75, 3.05) is 5.32 Å². The molecule has 0 saturated heterocycles. The van der Waals surface area contributed by atoms with Crippen LogP contribution in [0.5, 0.6) is 0 Å². The van der Waals surface area contributed by atoms with Crippen LogP contribution in [0.3, 0.4) is 0 Å². The van der Waals surface area contributed by atoms with Crippen LogP contribution in [0, 0.1) is 0 Å². The molecule has 1 aromatic carbocycles. The highest BCUT2D eigenvalue weighted by atomic mass is 35.5. The van der Waals surface area contributed by atoms with Gasteiger partial charge in [-0.05, 0) is 24.5 Å². The molecule has 0 aliphatic heterocycles. The fraction of sp³-hybridized carbons (Fsp3) is 0.333. The van der Waals surface area contributed by atoms with E-state index in [1.807, 2.05) is 30.3 Å². The quantitative estimate of drug-likeness (QED) is 0.854. The molecule has 0 aliphatic rings. The number of aromatic amines is 1. The van der Waals surface area contributed by atoms with E-state index in [0.29, 0.717) is 23.7 Å². The molecule has 0 spiro atoms. The smallest absolute Gasteiger partial charge is 0.225 e. The maximum atomic E-state index is 11.9. The van der Waals surface area contributed by atoms with Crippen LogP contribution in [-0.4, -0.2) is 16.1 Å². The second-order valence-electron chi connectivity index (χ2n) is 4.67. The van der Waals surface area contributed by atoms with Crippen molar-refractivity contribution >= 4 is 23.3 Å². The molecule has 1 aromatic heterocycles. The Morgan fingerprint density at radius 1 is 1.35 bits per heavy atom. The summed E-state index contributed by atoms with van der Waals surface area (Å²) in [4.78, 5) is 11.9. The zero-order chi connectivity index (χ0) is 14.4. The van der Waals surface area contributed by atoms with E-state index in [9.17, 15) is 4.79 Å². The topological polar surface area (TPSA) is 57.8 Å². The maximum absolute atomic E-state index is 11.9. The number of carbonyl (C=O) groups excluding carboxylic acids is 1. The van der Waals surface area contributed by atoms with Crippen molar-refractivity contribution in [3.63, 3.8) is 0 Å². The van der Waals surface area contributed by atoms with Crippen LogP contribution in [0.4, 0.5) is 5.82 Å².